The Labute approximate surface area is 141 Å². The average molecular weight is 341 g/mol. The molecule has 0 aromatic rings. The number of halogens is 2. The number of hydrogen-bond donors (Lipinski definition) is 0. The van der Waals surface area contributed by atoms with E-state index in [9.17, 15) is 0 Å². The zero-order valence-corrected chi connectivity index (χ0v) is 15.6. The molecule has 0 aliphatic rings. The summed E-state index contributed by atoms with van der Waals surface area (Å²) in [6.45, 7) is 7.29. The van der Waals surface area contributed by atoms with Crippen molar-refractivity contribution < 1.29 is 9.47 Å². The second-order valence-electron chi connectivity index (χ2n) is 5.53. The van der Waals surface area contributed by atoms with Crippen molar-refractivity contribution >= 4 is 23.2 Å². The Bertz CT molecular complexity index is 219. The standard InChI is InChI=1S/C17H34Cl2O2/c1-4-7-8-9-10-11-13-16(14-12-15-18)17(19,20-5-2)21-6-3/h16H,4-15H2,1-3H3. The molecule has 0 N–H and O–H groups in total. The topological polar surface area (TPSA) is 18.5 Å². The second-order valence-corrected chi connectivity index (χ2v) is 6.44. The van der Waals surface area contributed by atoms with Gasteiger partial charge in [-0.25, -0.2) is 0 Å². The third-order valence-corrected chi connectivity index (χ3v) is 4.56. The van der Waals surface area contributed by atoms with Crippen molar-refractivity contribution in [3.63, 3.8) is 0 Å². The maximum atomic E-state index is 6.62. The molecule has 0 aliphatic heterocycles. The molecule has 0 aliphatic carbocycles. The minimum absolute atomic E-state index is 0.212. The normalized spacial score (nSPS) is 13.6. The van der Waals surface area contributed by atoms with Gasteiger partial charge in [-0.05, 0) is 33.1 Å². The molecule has 1 unspecified atom stereocenters. The molecule has 0 fully saturated rings. The molecule has 0 saturated heterocycles. The van der Waals surface area contributed by atoms with E-state index in [1.165, 1.54) is 38.5 Å². The van der Waals surface area contributed by atoms with Gasteiger partial charge in [-0.3, -0.25) is 0 Å². The minimum atomic E-state index is -0.973. The van der Waals surface area contributed by atoms with Gasteiger partial charge in [-0.2, -0.15) is 0 Å². The molecular formula is C17H34Cl2O2. The van der Waals surface area contributed by atoms with Crippen molar-refractivity contribution in [1.29, 1.82) is 0 Å². The van der Waals surface area contributed by atoms with Crippen molar-refractivity contribution in [3.05, 3.63) is 0 Å². The molecule has 2 nitrogen and oxygen atoms in total. The van der Waals surface area contributed by atoms with Gasteiger partial charge in [0, 0.05) is 25.0 Å². The monoisotopic (exact) mass is 340 g/mol. The van der Waals surface area contributed by atoms with Crippen LogP contribution in [0.15, 0.2) is 0 Å². The Balaban J connectivity index is 4.32. The van der Waals surface area contributed by atoms with Gasteiger partial charge in [0.2, 0.25) is 0 Å². The van der Waals surface area contributed by atoms with Crippen molar-refractivity contribution in [2.24, 2.45) is 5.92 Å². The molecule has 0 heterocycles. The molecule has 0 bridgehead atoms. The zero-order valence-electron chi connectivity index (χ0n) is 14.1. The van der Waals surface area contributed by atoms with E-state index in [0.717, 1.165) is 19.3 Å². The van der Waals surface area contributed by atoms with Gasteiger partial charge in [0.25, 0.3) is 5.25 Å². The van der Waals surface area contributed by atoms with Gasteiger partial charge in [-0.15, -0.1) is 11.6 Å². The van der Waals surface area contributed by atoms with E-state index in [1.54, 1.807) is 0 Å². The summed E-state index contributed by atoms with van der Waals surface area (Å²) in [5, 5.41) is -0.973. The van der Waals surface area contributed by atoms with E-state index in [4.69, 9.17) is 32.7 Å². The predicted molar refractivity (Wildman–Crippen MR) is 93.3 cm³/mol. The smallest absolute Gasteiger partial charge is 0.251 e. The van der Waals surface area contributed by atoms with Crippen LogP contribution in [0, 0.1) is 5.92 Å². The first-order valence-corrected chi connectivity index (χ1v) is 9.58. The quantitative estimate of drug-likeness (QED) is 0.197. The third kappa shape index (κ3) is 9.99. The van der Waals surface area contributed by atoms with Crippen LogP contribution in [-0.4, -0.2) is 24.3 Å². The molecule has 0 amide bonds. The molecule has 0 aromatic carbocycles. The predicted octanol–water partition coefficient (Wildman–Crippen LogP) is 6.34. The highest BCUT2D eigenvalue weighted by Gasteiger charge is 2.37. The molecular weight excluding hydrogens is 307 g/mol. The minimum Gasteiger partial charge on any atom is -0.337 e. The highest BCUT2D eigenvalue weighted by Crippen LogP contribution is 2.36. The summed E-state index contributed by atoms with van der Waals surface area (Å²) in [4.78, 5) is 0. The summed E-state index contributed by atoms with van der Waals surface area (Å²) in [6.07, 6.45) is 10.7. The van der Waals surface area contributed by atoms with Gasteiger partial charge in [-0.1, -0.05) is 57.0 Å². The maximum absolute atomic E-state index is 6.62. The average Bonchev–Trinajstić information content (AvgIpc) is 2.46. The zero-order chi connectivity index (χ0) is 16.0. The summed E-state index contributed by atoms with van der Waals surface area (Å²) in [6, 6.07) is 0. The van der Waals surface area contributed by atoms with E-state index in [2.05, 4.69) is 6.92 Å². The van der Waals surface area contributed by atoms with E-state index in [1.807, 2.05) is 13.8 Å². The van der Waals surface area contributed by atoms with Crippen LogP contribution in [0.25, 0.3) is 0 Å². The lowest BCUT2D eigenvalue weighted by Crippen LogP contribution is -2.38. The van der Waals surface area contributed by atoms with Crippen LogP contribution in [0.2, 0.25) is 0 Å². The SMILES string of the molecule is CCCCCCCCC(CCCCl)C(Cl)(OCC)OCC. The van der Waals surface area contributed by atoms with Gasteiger partial charge in [0.1, 0.15) is 0 Å². The van der Waals surface area contributed by atoms with Crippen molar-refractivity contribution in [3.8, 4) is 0 Å². The fourth-order valence-electron chi connectivity index (χ4n) is 2.65. The van der Waals surface area contributed by atoms with Crippen LogP contribution >= 0.6 is 23.2 Å². The van der Waals surface area contributed by atoms with Crippen molar-refractivity contribution in [2.45, 2.75) is 83.8 Å². The molecule has 0 saturated carbocycles. The Kier molecular flexibility index (Phi) is 14.5. The van der Waals surface area contributed by atoms with Crippen LogP contribution in [0.3, 0.4) is 0 Å². The summed E-state index contributed by atoms with van der Waals surface area (Å²) >= 11 is 12.5. The summed E-state index contributed by atoms with van der Waals surface area (Å²) < 4.78 is 11.4. The molecule has 1 atom stereocenters. The summed E-state index contributed by atoms with van der Waals surface area (Å²) in [5.41, 5.74) is 0. The van der Waals surface area contributed by atoms with E-state index < -0.39 is 5.25 Å². The van der Waals surface area contributed by atoms with E-state index in [0.29, 0.717) is 19.1 Å². The lowest BCUT2D eigenvalue weighted by molar-refractivity contribution is -0.206. The lowest BCUT2D eigenvalue weighted by atomic mass is 9.94. The summed E-state index contributed by atoms with van der Waals surface area (Å²) in [7, 11) is 0. The highest BCUT2D eigenvalue weighted by molar-refractivity contribution is 6.22. The number of unbranched alkanes of at least 4 members (excludes halogenated alkanes) is 5. The highest BCUT2D eigenvalue weighted by atomic mass is 35.5. The number of rotatable bonds is 15. The number of hydrogen-bond acceptors (Lipinski definition) is 2. The molecule has 0 spiro atoms. The molecule has 0 radical (unpaired) electrons. The Morgan fingerprint density at radius 2 is 1.33 bits per heavy atom. The number of ether oxygens (including phenoxy) is 2. The van der Waals surface area contributed by atoms with Crippen molar-refractivity contribution in [1.82, 2.24) is 0 Å². The fraction of sp³-hybridized carbons (Fsp3) is 1.00. The van der Waals surface area contributed by atoms with Gasteiger partial charge in [0.15, 0.2) is 0 Å². The third-order valence-electron chi connectivity index (χ3n) is 3.76. The molecule has 0 aromatic heterocycles. The van der Waals surface area contributed by atoms with Gasteiger partial charge < -0.3 is 9.47 Å². The Hall–Kier alpha value is 0.500. The molecule has 4 heteroatoms. The van der Waals surface area contributed by atoms with Gasteiger partial charge >= 0.3 is 0 Å². The van der Waals surface area contributed by atoms with Crippen LogP contribution in [0.4, 0.5) is 0 Å². The first-order valence-electron chi connectivity index (χ1n) is 8.67. The van der Waals surface area contributed by atoms with Crippen LogP contribution in [0.5, 0.6) is 0 Å². The Morgan fingerprint density at radius 3 is 1.86 bits per heavy atom. The molecule has 21 heavy (non-hydrogen) atoms. The molecule has 0 rings (SSSR count). The second kappa shape index (κ2) is 14.1. The van der Waals surface area contributed by atoms with Crippen molar-refractivity contribution in [2.75, 3.05) is 19.1 Å². The number of alkyl halides is 2. The maximum Gasteiger partial charge on any atom is 0.251 e. The van der Waals surface area contributed by atoms with Crippen LogP contribution < -0.4 is 0 Å². The van der Waals surface area contributed by atoms with E-state index >= 15 is 0 Å². The molecule has 128 valence electrons. The van der Waals surface area contributed by atoms with E-state index in [-0.39, 0.29) is 5.92 Å². The first-order chi connectivity index (χ1) is 10.1. The summed E-state index contributed by atoms with van der Waals surface area (Å²) in [5.74, 6) is 0.877. The Morgan fingerprint density at radius 1 is 0.810 bits per heavy atom. The van der Waals surface area contributed by atoms with Gasteiger partial charge in [0.05, 0.1) is 0 Å². The largest absolute Gasteiger partial charge is 0.337 e. The van der Waals surface area contributed by atoms with Crippen LogP contribution in [-0.2, 0) is 9.47 Å². The van der Waals surface area contributed by atoms with Crippen LogP contribution in [0.1, 0.15) is 78.6 Å². The lowest BCUT2D eigenvalue weighted by Gasteiger charge is -2.34. The first kappa shape index (κ1) is 21.5. The fourth-order valence-corrected chi connectivity index (χ4v) is 3.25.